The zero-order chi connectivity index (χ0) is 16.4. The third kappa shape index (κ3) is 3.22. The number of hydrogen-bond donors (Lipinski definition) is 0. The van der Waals surface area contributed by atoms with E-state index in [-0.39, 0.29) is 10.8 Å². The van der Waals surface area contributed by atoms with E-state index in [2.05, 4.69) is 4.99 Å². The molecule has 1 aliphatic rings. The van der Waals surface area contributed by atoms with Crippen LogP contribution >= 0.6 is 23.5 Å². The lowest BCUT2D eigenvalue weighted by Crippen LogP contribution is -1.90. The molecule has 0 N–H and O–H groups in total. The predicted molar refractivity (Wildman–Crippen MR) is 92.3 cm³/mol. The van der Waals surface area contributed by atoms with E-state index in [0.717, 1.165) is 11.8 Å². The van der Waals surface area contributed by atoms with Gasteiger partial charge >= 0.3 is 0 Å². The molecule has 0 saturated heterocycles. The Bertz CT molecular complexity index is 855. The lowest BCUT2D eigenvalue weighted by atomic mass is 10.1. The first-order valence-corrected chi connectivity index (χ1v) is 8.53. The summed E-state index contributed by atoms with van der Waals surface area (Å²) in [4.78, 5) is 26.6. The van der Waals surface area contributed by atoms with Gasteiger partial charge in [-0.1, -0.05) is 12.1 Å². The van der Waals surface area contributed by atoms with Gasteiger partial charge in [-0.25, -0.2) is 4.99 Å². The molecule has 0 spiro atoms. The molecule has 8 heteroatoms. The minimum atomic E-state index is -0.456. The van der Waals surface area contributed by atoms with Crippen LogP contribution in [0.5, 0.6) is 0 Å². The highest BCUT2D eigenvalue weighted by Crippen LogP contribution is 2.33. The number of nitro benzene ring substituents is 1. The van der Waals surface area contributed by atoms with E-state index < -0.39 is 4.92 Å². The normalized spacial score (nSPS) is 16.0. The number of carbonyl (C=O) groups excluding carboxylic acids is 1. The molecule has 1 aromatic heterocycles. The highest BCUT2D eigenvalue weighted by atomic mass is 32.2. The van der Waals surface area contributed by atoms with Crippen molar-refractivity contribution in [2.24, 2.45) is 4.99 Å². The van der Waals surface area contributed by atoms with Gasteiger partial charge in [-0.2, -0.15) is 0 Å². The molecule has 116 valence electrons. The maximum atomic E-state index is 11.8. The number of thioether (sulfide) groups is 2. The SMILES string of the molecule is CSC1=N/C(=C\c2ccc(-c3ccccc3[N+](=O)[O-])o2)C(=O)S1. The summed E-state index contributed by atoms with van der Waals surface area (Å²) in [6, 6.07) is 9.64. The molecule has 1 aromatic carbocycles. The minimum absolute atomic E-state index is 0.0313. The van der Waals surface area contributed by atoms with Crippen LogP contribution in [0.15, 0.2) is 51.5 Å². The van der Waals surface area contributed by atoms with Crippen LogP contribution in [0.2, 0.25) is 0 Å². The number of nitro groups is 1. The van der Waals surface area contributed by atoms with Gasteiger partial charge in [0.2, 0.25) is 5.12 Å². The van der Waals surface area contributed by atoms with Crippen LogP contribution in [0.3, 0.4) is 0 Å². The Labute approximate surface area is 139 Å². The number of benzene rings is 1. The second-order valence-electron chi connectivity index (χ2n) is 4.48. The molecule has 0 fully saturated rings. The summed E-state index contributed by atoms with van der Waals surface area (Å²) in [5, 5.41) is 10.9. The summed E-state index contributed by atoms with van der Waals surface area (Å²) in [6.45, 7) is 0. The summed E-state index contributed by atoms with van der Waals surface area (Å²) in [5.41, 5.74) is 0.668. The fourth-order valence-corrected chi connectivity index (χ4v) is 3.29. The van der Waals surface area contributed by atoms with Crippen molar-refractivity contribution in [1.29, 1.82) is 0 Å². The van der Waals surface area contributed by atoms with Gasteiger partial charge in [0.15, 0.2) is 0 Å². The number of furan rings is 1. The fourth-order valence-electron chi connectivity index (χ4n) is 2.03. The van der Waals surface area contributed by atoms with Gasteiger partial charge in [0.05, 0.1) is 10.5 Å². The van der Waals surface area contributed by atoms with Crippen molar-refractivity contribution in [3.63, 3.8) is 0 Å². The van der Waals surface area contributed by atoms with Crippen LogP contribution < -0.4 is 0 Å². The molecule has 1 aliphatic heterocycles. The monoisotopic (exact) mass is 346 g/mol. The minimum Gasteiger partial charge on any atom is -0.456 e. The number of rotatable bonds is 3. The summed E-state index contributed by atoms with van der Waals surface area (Å²) in [7, 11) is 0. The van der Waals surface area contributed by atoms with E-state index in [9.17, 15) is 14.9 Å². The van der Waals surface area contributed by atoms with Crippen LogP contribution in [0.25, 0.3) is 17.4 Å². The molecule has 0 aliphatic carbocycles. The van der Waals surface area contributed by atoms with Crippen LogP contribution in [0.1, 0.15) is 5.76 Å². The lowest BCUT2D eigenvalue weighted by Gasteiger charge is -1.98. The van der Waals surface area contributed by atoms with Crippen molar-refractivity contribution in [2.75, 3.05) is 6.26 Å². The van der Waals surface area contributed by atoms with E-state index in [1.165, 1.54) is 23.9 Å². The number of hydrogen-bond acceptors (Lipinski definition) is 7. The van der Waals surface area contributed by atoms with Crippen molar-refractivity contribution in [1.82, 2.24) is 0 Å². The van der Waals surface area contributed by atoms with Crippen LogP contribution in [0.4, 0.5) is 5.69 Å². The summed E-state index contributed by atoms with van der Waals surface area (Å²) >= 11 is 2.48. The van der Waals surface area contributed by atoms with E-state index in [1.807, 2.05) is 6.26 Å². The second kappa shape index (κ2) is 6.43. The first-order chi connectivity index (χ1) is 11.1. The van der Waals surface area contributed by atoms with Gasteiger partial charge in [0.1, 0.15) is 21.6 Å². The molecule has 3 rings (SSSR count). The standard InChI is InChI=1S/C15H10N2O4S2/c1-22-15-16-11(14(18)23-15)8-9-6-7-13(21-9)10-4-2-3-5-12(10)17(19)20/h2-8H,1H3/b11-8-. The van der Waals surface area contributed by atoms with Gasteiger partial charge in [-0.15, -0.1) is 11.8 Å². The zero-order valence-electron chi connectivity index (χ0n) is 11.9. The average molecular weight is 346 g/mol. The number of nitrogens with zero attached hydrogens (tertiary/aromatic N) is 2. The second-order valence-corrected chi connectivity index (χ2v) is 6.49. The number of para-hydroxylation sites is 1. The van der Waals surface area contributed by atoms with E-state index in [0.29, 0.717) is 27.2 Å². The Hall–Kier alpha value is -2.32. The largest absolute Gasteiger partial charge is 0.456 e. The summed E-state index contributed by atoms with van der Waals surface area (Å²) < 4.78 is 6.31. The third-order valence-corrected chi connectivity index (χ3v) is 4.90. The molecule has 2 aromatic rings. The molecular weight excluding hydrogens is 336 g/mol. The highest BCUT2D eigenvalue weighted by Gasteiger charge is 2.22. The van der Waals surface area contributed by atoms with Gasteiger partial charge < -0.3 is 4.42 Å². The van der Waals surface area contributed by atoms with Crippen molar-refractivity contribution < 1.29 is 14.1 Å². The first kappa shape index (κ1) is 15.6. The average Bonchev–Trinajstić information content (AvgIpc) is 3.15. The molecule has 0 amide bonds. The maximum Gasteiger partial charge on any atom is 0.280 e. The summed E-state index contributed by atoms with van der Waals surface area (Å²) in [6.07, 6.45) is 3.39. The third-order valence-electron chi connectivity index (χ3n) is 3.05. The van der Waals surface area contributed by atoms with Crippen LogP contribution in [0, 0.1) is 10.1 Å². The van der Waals surface area contributed by atoms with Gasteiger partial charge in [-0.05, 0) is 36.2 Å². The molecular formula is C15H10N2O4S2. The van der Waals surface area contributed by atoms with E-state index in [1.54, 1.807) is 30.3 Å². The summed E-state index contributed by atoms with van der Waals surface area (Å²) in [5.74, 6) is 0.796. The lowest BCUT2D eigenvalue weighted by molar-refractivity contribution is -0.384. The fraction of sp³-hybridized carbons (Fsp3) is 0.0667. The Morgan fingerprint density at radius 3 is 2.78 bits per heavy atom. The van der Waals surface area contributed by atoms with Gasteiger partial charge in [0, 0.05) is 12.1 Å². The number of aliphatic imine (C=N–C) groups is 1. The first-order valence-electron chi connectivity index (χ1n) is 6.48. The molecule has 0 unspecified atom stereocenters. The smallest absolute Gasteiger partial charge is 0.280 e. The molecule has 0 saturated carbocycles. The molecule has 0 radical (unpaired) electrons. The van der Waals surface area contributed by atoms with Crippen molar-refractivity contribution >= 4 is 44.8 Å². The Balaban J connectivity index is 1.95. The number of carbonyl (C=O) groups is 1. The van der Waals surface area contributed by atoms with E-state index >= 15 is 0 Å². The molecule has 23 heavy (non-hydrogen) atoms. The van der Waals surface area contributed by atoms with Crippen LogP contribution in [-0.4, -0.2) is 20.7 Å². The van der Waals surface area contributed by atoms with E-state index in [4.69, 9.17) is 4.42 Å². The van der Waals surface area contributed by atoms with Gasteiger partial charge in [-0.3, -0.25) is 14.9 Å². The zero-order valence-corrected chi connectivity index (χ0v) is 13.5. The van der Waals surface area contributed by atoms with Crippen molar-refractivity contribution in [3.05, 3.63) is 58.0 Å². The van der Waals surface area contributed by atoms with Crippen molar-refractivity contribution in [2.45, 2.75) is 0 Å². The molecule has 6 nitrogen and oxygen atoms in total. The molecule has 0 atom stereocenters. The quantitative estimate of drug-likeness (QED) is 0.470. The topological polar surface area (TPSA) is 85.7 Å². The Morgan fingerprint density at radius 1 is 1.30 bits per heavy atom. The van der Waals surface area contributed by atoms with Crippen LogP contribution in [-0.2, 0) is 4.79 Å². The Kier molecular flexibility index (Phi) is 4.35. The molecule has 0 bridgehead atoms. The van der Waals surface area contributed by atoms with Gasteiger partial charge in [0.25, 0.3) is 5.69 Å². The maximum absolute atomic E-state index is 11.8. The van der Waals surface area contributed by atoms with Crippen molar-refractivity contribution in [3.8, 4) is 11.3 Å². The molecule has 2 heterocycles. The highest BCUT2D eigenvalue weighted by molar-refractivity contribution is 8.45. The predicted octanol–water partition coefficient (Wildman–Crippen LogP) is 4.19. The Morgan fingerprint density at radius 2 is 2.09 bits per heavy atom.